The van der Waals surface area contributed by atoms with Crippen LogP contribution in [0.25, 0.3) is 0 Å². The summed E-state index contributed by atoms with van der Waals surface area (Å²) in [6.07, 6.45) is 0.965. The van der Waals surface area contributed by atoms with Crippen molar-refractivity contribution in [2.45, 2.75) is 19.4 Å². The predicted octanol–water partition coefficient (Wildman–Crippen LogP) is 1.64. The molecule has 1 aromatic carbocycles. The van der Waals surface area contributed by atoms with Gasteiger partial charge in [-0.15, -0.1) is 0 Å². The van der Waals surface area contributed by atoms with E-state index in [4.69, 9.17) is 24.8 Å². The molecule has 0 spiro atoms. The fraction of sp³-hybridized carbons (Fsp3) is 0.571. The smallest absolute Gasteiger partial charge is 0.203 e. The highest BCUT2D eigenvalue weighted by molar-refractivity contribution is 5.54. The Balaban J connectivity index is 3.03. The summed E-state index contributed by atoms with van der Waals surface area (Å²) in [5.74, 6) is 7.35. The molecule has 0 heterocycles. The quantitative estimate of drug-likeness (QED) is 0.408. The molecule has 0 aliphatic heterocycles. The minimum Gasteiger partial charge on any atom is -0.493 e. The fourth-order valence-corrected chi connectivity index (χ4v) is 1.89. The van der Waals surface area contributed by atoms with E-state index in [9.17, 15) is 0 Å². The Bertz CT molecular complexity index is 387. The molecule has 0 saturated heterocycles. The van der Waals surface area contributed by atoms with Gasteiger partial charge >= 0.3 is 0 Å². The second kappa shape index (κ2) is 8.63. The number of nitrogens with one attached hydrogen (secondary N) is 1. The molecule has 1 rings (SSSR count). The molecule has 0 aliphatic rings. The molecule has 3 N–H and O–H groups in total. The zero-order valence-corrected chi connectivity index (χ0v) is 12.6. The van der Waals surface area contributed by atoms with Gasteiger partial charge in [-0.05, 0) is 24.1 Å². The van der Waals surface area contributed by atoms with E-state index in [2.05, 4.69) is 12.3 Å². The van der Waals surface area contributed by atoms with Crippen molar-refractivity contribution in [3.8, 4) is 17.2 Å². The van der Waals surface area contributed by atoms with Gasteiger partial charge in [0.2, 0.25) is 5.75 Å². The van der Waals surface area contributed by atoms with Crippen LogP contribution in [0.3, 0.4) is 0 Å². The molecule has 0 radical (unpaired) electrons. The first-order chi connectivity index (χ1) is 9.71. The van der Waals surface area contributed by atoms with E-state index in [0.29, 0.717) is 30.5 Å². The summed E-state index contributed by atoms with van der Waals surface area (Å²) >= 11 is 0. The lowest BCUT2D eigenvalue weighted by Crippen LogP contribution is -2.31. The monoisotopic (exact) mass is 284 g/mol. The molecule has 1 aromatic rings. The molecule has 114 valence electrons. The molecule has 0 aliphatic carbocycles. The van der Waals surface area contributed by atoms with Crippen LogP contribution in [0.15, 0.2) is 12.1 Å². The van der Waals surface area contributed by atoms with Gasteiger partial charge in [0, 0.05) is 6.61 Å². The second-order valence-corrected chi connectivity index (χ2v) is 4.25. The van der Waals surface area contributed by atoms with Crippen LogP contribution < -0.4 is 25.5 Å². The lowest BCUT2D eigenvalue weighted by Gasteiger charge is -2.20. The highest BCUT2D eigenvalue weighted by atomic mass is 16.5. The summed E-state index contributed by atoms with van der Waals surface area (Å²) in [5.41, 5.74) is 3.66. The van der Waals surface area contributed by atoms with E-state index >= 15 is 0 Å². The molecule has 0 saturated carbocycles. The number of hydrazine groups is 1. The first kappa shape index (κ1) is 16.6. The molecule has 0 amide bonds. The van der Waals surface area contributed by atoms with Crippen molar-refractivity contribution >= 4 is 0 Å². The second-order valence-electron chi connectivity index (χ2n) is 4.25. The van der Waals surface area contributed by atoms with E-state index in [0.717, 1.165) is 12.0 Å². The van der Waals surface area contributed by atoms with E-state index < -0.39 is 0 Å². The summed E-state index contributed by atoms with van der Waals surface area (Å²) < 4.78 is 21.5. The van der Waals surface area contributed by atoms with E-state index in [1.807, 2.05) is 12.1 Å². The molecule has 0 bridgehead atoms. The average molecular weight is 284 g/mol. The van der Waals surface area contributed by atoms with Crippen molar-refractivity contribution in [3.05, 3.63) is 17.7 Å². The van der Waals surface area contributed by atoms with Crippen molar-refractivity contribution in [1.29, 1.82) is 0 Å². The number of hydrogen-bond donors (Lipinski definition) is 2. The van der Waals surface area contributed by atoms with E-state index in [-0.39, 0.29) is 6.04 Å². The molecule has 6 nitrogen and oxygen atoms in total. The van der Waals surface area contributed by atoms with Gasteiger partial charge < -0.3 is 18.9 Å². The zero-order valence-electron chi connectivity index (χ0n) is 12.6. The third kappa shape index (κ3) is 4.00. The maximum atomic E-state index is 5.60. The number of hydrogen-bond acceptors (Lipinski definition) is 6. The number of benzene rings is 1. The van der Waals surface area contributed by atoms with Crippen molar-refractivity contribution in [1.82, 2.24) is 5.43 Å². The molecular weight excluding hydrogens is 260 g/mol. The molecule has 0 aromatic heterocycles. The van der Waals surface area contributed by atoms with Crippen LogP contribution in [0.4, 0.5) is 0 Å². The minimum atomic E-state index is -0.143. The van der Waals surface area contributed by atoms with Gasteiger partial charge in [-0.1, -0.05) is 6.92 Å². The summed E-state index contributed by atoms with van der Waals surface area (Å²) in [5, 5.41) is 0. The summed E-state index contributed by atoms with van der Waals surface area (Å²) in [6, 6.07) is 3.58. The Kier molecular flexibility index (Phi) is 7.14. The van der Waals surface area contributed by atoms with Gasteiger partial charge in [0.1, 0.15) is 0 Å². The van der Waals surface area contributed by atoms with Crippen LogP contribution >= 0.6 is 0 Å². The van der Waals surface area contributed by atoms with Crippen molar-refractivity contribution < 1.29 is 18.9 Å². The SMILES string of the molecule is CCCOCC(NN)c1cc(OC)c(OC)c(OC)c1. The lowest BCUT2D eigenvalue weighted by molar-refractivity contribution is 0.112. The van der Waals surface area contributed by atoms with Crippen LogP contribution in [0, 0.1) is 0 Å². The van der Waals surface area contributed by atoms with Crippen LogP contribution in [0.2, 0.25) is 0 Å². The Hall–Kier alpha value is -1.50. The largest absolute Gasteiger partial charge is 0.493 e. The van der Waals surface area contributed by atoms with Gasteiger partial charge in [0.15, 0.2) is 11.5 Å². The lowest BCUT2D eigenvalue weighted by atomic mass is 10.1. The van der Waals surface area contributed by atoms with E-state index in [1.54, 1.807) is 21.3 Å². The number of nitrogens with two attached hydrogens (primary N) is 1. The van der Waals surface area contributed by atoms with Crippen LogP contribution in [0.1, 0.15) is 24.9 Å². The molecule has 6 heteroatoms. The van der Waals surface area contributed by atoms with Gasteiger partial charge in [-0.3, -0.25) is 11.3 Å². The Labute approximate surface area is 120 Å². The first-order valence-corrected chi connectivity index (χ1v) is 6.55. The maximum absolute atomic E-state index is 5.60. The Morgan fingerprint density at radius 2 is 1.70 bits per heavy atom. The highest BCUT2D eigenvalue weighted by Crippen LogP contribution is 2.39. The minimum absolute atomic E-state index is 0.143. The number of rotatable bonds is 9. The third-order valence-corrected chi connectivity index (χ3v) is 2.92. The van der Waals surface area contributed by atoms with Crippen molar-refractivity contribution in [3.63, 3.8) is 0 Å². The van der Waals surface area contributed by atoms with Gasteiger partial charge in [-0.25, -0.2) is 0 Å². The van der Waals surface area contributed by atoms with Gasteiger partial charge in [0.05, 0.1) is 34.0 Å². The molecule has 0 fully saturated rings. The number of methoxy groups -OCH3 is 3. The molecule has 1 atom stereocenters. The third-order valence-electron chi connectivity index (χ3n) is 2.92. The Morgan fingerprint density at radius 3 is 2.10 bits per heavy atom. The summed E-state index contributed by atoms with van der Waals surface area (Å²) in [7, 11) is 4.74. The van der Waals surface area contributed by atoms with Crippen LogP contribution in [0.5, 0.6) is 17.2 Å². The number of ether oxygens (including phenoxy) is 4. The maximum Gasteiger partial charge on any atom is 0.203 e. The van der Waals surface area contributed by atoms with Gasteiger partial charge in [0.25, 0.3) is 0 Å². The topological polar surface area (TPSA) is 75.0 Å². The molecular formula is C14H24N2O4. The van der Waals surface area contributed by atoms with Gasteiger partial charge in [-0.2, -0.15) is 0 Å². The van der Waals surface area contributed by atoms with E-state index in [1.165, 1.54) is 0 Å². The first-order valence-electron chi connectivity index (χ1n) is 6.55. The Morgan fingerprint density at radius 1 is 1.10 bits per heavy atom. The predicted molar refractivity (Wildman–Crippen MR) is 77.3 cm³/mol. The van der Waals surface area contributed by atoms with Crippen LogP contribution in [-0.2, 0) is 4.74 Å². The zero-order chi connectivity index (χ0) is 15.0. The average Bonchev–Trinajstić information content (AvgIpc) is 2.50. The molecule has 20 heavy (non-hydrogen) atoms. The van der Waals surface area contributed by atoms with Crippen molar-refractivity contribution in [2.24, 2.45) is 5.84 Å². The standard InChI is InChI=1S/C14H24N2O4/c1-5-6-20-9-11(16-15)10-7-12(17-2)14(19-4)13(8-10)18-3/h7-8,11,16H,5-6,9,15H2,1-4H3. The summed E-state index contributed by atoms with van der Waals surface area (Å²) in [4.78, 5) is 0. The molecule has 1 unspecified atom stereocenters. The van der Waals surface area contributed by atoms with Crippen LogP contribution in [-0.4, -0.2) is 34.5 Å². The summed E-state index contributed by atoms with van der Waals surface area (Å²) in [6.45, 7) is 3.23. The highest BCUT2D eigenvalue weighted by Gasteiger charge is 2.18. The normalized spacial score (nSPS) is 12.1. The fourth-order valence-electron chi connectivity index (χ4n) is 1.89. The van der Waals surface area contributed by atoms with Crippen molar-refractivity contribution in [2.75, 3.05) is 34.5 Å².